The maximum Gasteiger partial charge on any atom is 0.261 e. The first-order chi connectivity index (χ1) is 17.9. The molecule has 0 unspecified atom stereocenters. The summed E-state index contributed by atoms with van der Waals surface area (Å²) in [5.74, 6) is 0.0240. The summed E-state index contributed by atoms with van der Waals surface area (Å²) in [6.45, 7) is 7.57. The highest BCUT2D eigenvalue weighted by Gasteiger charge is 2.23. The molecule has 37 heavy (non-hydrogen) atoms. The van der Waals surface area contributed by atoms with Gasteiger partial charge in [-0.3, -0.25) is 4.79 Å². The summed E-state index contributed by atoms with van der Waals surface area (Å²) in [6.07, 6.45) is 4.68. The van der Waals surface area contributed by atoms with E-state index in [1.54, 1.807) is 12.1 Å². The van der Waals surface area contributed by atoms with Crippen molar-refractivity contribution in [3.05, 3.63) is 65.1 Å². The molecule has 2 aliphatic rings. The van der Waals surface area contributed by atoms with E-state index < -0.39 is 0 Å². The molecule has 3 aromatic rings. The summed E-state index contributed by atoms with van der Waals surface area (Å²) in [6, 6.07) is 11.3. The van der Waals surface area contributed by atoms with Crippen LogP contribution in [0.4, 0.5) is 33.2 Å². The molecule has 2 fully saturated rings. The second-order valence-electron chi connectivity index (χ2n) is 10.0. The summed E-state index contributed by atoms with van der Waals surface area (Å²) in [7, 11) is 2.09. The molecule has 2 heterocycles. The quantitative estimate of drug-likeness (QED) is 0.421. The van der Waals surface area contributed by atoms with Gasteiger partial charge in [-0.1, -0.05) is 18.2 Å². The molecule has 1 aliphatic heterocycles. The number of hydrogen-bond acceptors (Lipinski definition) is 7. The van der Waals surface area contributed by atoms with Crippen LogP contribution in [0.2, 0.25) is 0 Å². The van der Waals surface area contributed by atoms with Crippen molar-refractivity contribution in [2.24, 2.45) is 0 Å². The van der Waals surface area contributed by atoms with Gasteiger partial charge in [-0.25, -0.2) is 9.37 Å². The molecule has 5 rings (SSSR count). The van der Waals surface area contributed by atoms with Crippen LogP contribution in [0.1, 0.15) is 40.7 Å². The minimum absolute atomic E-state index is 0.233. The number of anilines is 5. The molecular formula is C28H34FN7O. The third kappa shape index (κ3) is 5.67. The molecule has 0 bridgehead atoms. The number of benzene rings is 2. The van der Waals surface area contributed by atoms with E-state index in [-0.39, 0.29) is 23.7 Å². The number of amides is 1. The Morgan fingerprint density at radius 1 is 1.05 bits per heavy atom. The molecular weight excluding hydrogens is 469 g/mol. The van der Waals surface area contributed by atoms with Crippen LogP contribution in [-0.4, -0.2) is 60.0 Å². The number of aryl methyl sites for hydroxylation is 2. The van der Waals surface area contributed by atoms with Gasteiger partial charge in [0.1, 0.15) is 17.2 Å². The van der Waals surface area contributed by atoms with Crippen molar-refractivity contribution in [1.29, 1.82) is 0 Å². The van der Waals surface area contributed by atoms with Gasteiger partial charge in [0.2, 0.25) is 5.95 Å². The van der Waals surface area contributed by atoms with E-state index in [1.807, 2.05) is 38.1 Å². The van der Waals surface area contributed by atoms with Crippen molar-refractivity contribution in [3.8, 4) is 0 Å². The fourth-order valence-electron chi connectivity index (χ4n) is 4.64. The van der Waals surface area contributed by atoms with Crippen LogP contribution in [0.3, 0.4) is 0 Å². The number of nitrogens with one attached hydrogen (secondary N) is 3. The molecule has 0 atom stereocenters. The van der Waals surface area contributed by atoms with Crippen LogP contribution in [0.25, 0.3) is 0 Å². The van der Waals surface area contributed by atoms with Gasteiger partial charge in [-0.15, -0.1) is 0 Å². The van der Waals surface area contributed by atoms with Gasteiger partial charge < -0.3 is 25.8 Å². The smallest absolute Gasteiger partial charge is 0.261 e. The minimum atomic E-state index is -0.370. The van der Waals surface area contributed by atoms with Crippen LogP contribution in [-0.2, 0) is 0 Å². The molecule has 1 aromatic heterocycles. The monoisotopic (exact) mass is 503 g/mol. The highest BCUT2D eigenvalue weighted by atomic mass is 19.1. The standard InChI is InChI=1S/C28H34FN7O/c1-18-6-4-7-19(2)25(18)33-27(37)22-17-30-28(34-26(22)31-20-8-5-9-20)32-24-11-10-21(16-23(24)29)36-14-12-35(3)13-15-36/h4,6-7,10-11,16-17,20H,5,8-9,12-15H2,1-3H3,(H,33,37)(H2,30,31,32,34). The van der Waals surface area contributed by atoms with Gasteiger partial charge in [0.25, 0.3) is 5.91 Å². The number of halogens is 1. The Morgan fingerprint density at radius 3 is 2.43 bits per heavy atom. The zero-order chi connectivity index (χ0) is 25.9. The number of carbonyl (C=O) groups is 1. The first-order valence-corrected chi connectivity index (χ1v) is 12.9. The van der Waals surface area contributed by atoms with Crippen molar-refractivity contribution < 1.29 is 9.18 Å². The van der Waals surface area contributed by atoms with E-state index in [1.165, 1.54) is 6.20 Å². The lowest BCUT2D eigenvalue weighted by atomic mass is 9.93. The second kappa shape index (κ2) is 10.7. The molecule has 1 amide bonds. The van der Waals surface area contributed by atoms with E-state index >= 15 is 4.39 Å². The van der Waals surface area contributed by atoms with Crippen LogP contribution >= 0.6 is 0 Å². The largest absolute Gasteiger partial charge is 0.369 e. The van der Waals surface area contributed by atoms with Gasteiger partial charge >= 0.3 is 0 Å². The number of likely N-dealkylation sites (N-methyl/N-ethyl adjacent to an activating group) is 1. The molecule has 2 aromatic carbocycles. The molecule has 8 nitrogen and oxygen atoms in total. The lowest BCUT2D eigenvalue weighted by Gasteiger charge is -2.34. The summed E-state index contributed by atoms with van der Waals surface area (Å²) < 4.78 is 15.0. The number of rotatable bonds is 7. The zero-order valence-electron chi connectivity index (χ0n) is 21.6. The van der Waals surface area contributed by atoms with Crippen LogP contribution in [0, 0.1) is 19.7 Å². The Kier molecular flexibility index (Phi) is 7.23. The van der Waals surface area contributed by atoms with Crippen molar-refractivity contribution in [2.45, 2.75) is 39.2 Å². The van der Waals surface area contributed by atoms with Crippen molar-refractivity contribution in [1.82, 2.24) is 14.9 Å². The topological polar surface area (TPSA) is 85.4 Å². The number of piperazine rings is 1. The maximum atomic E-state index is 15.0. The molecule has 0 spiro atoms. The Balaban J connectivity index is 1.36. The van der Waals surface area contributed by atoms with Gasteiger partial charge in [0, 0.05) is 49.8 Å². The van der Waals surface area contributed by atoms with Crippen LogP contribution < -0.4 is 20.9 Å². The van der Waals surface area contributed by atoms with Crippen molar-refractivity contribution in [3.63, 3.8) is 0 Å². The van der Waals surface area contributed by atoms with Gasteiger partial charge in [-0.05, 0) is 69.5 Å². The SMILES string of the molecule is Cc1cccc(C)c1NC(=O)c1cnc(Nc2ccc(N3CCN(C)CC3)cc2F)nc1NC1CCC1. The fraction of sp³-hybridized carbons (Fsp3) is 0.393. The summed E-state index contributed by atoms with van der Waals surface area (Å²) in [4.78, 5) is 26.6. The molecule has 3 N–H and O–H groups in total. The van der Waals surface area contributed by atoms with Gasteiger partial charge in [0.05, 0.1) is 5.69 Å². The summed E-state index contributed by atoms with van der Waals surface area (Å²) in [5.41, 5.74) is 4.26. The Bertz CT molecular complexity index is 1270. The fourth-order valence-corrected chi connectivity index (χ4v) is 4.64. The third-order valence-corrected chi connectivity index (χ3v) is 7.27. The van der Waals surface area contributed by atoms with E-state index in [4.69, 9.17) is 0 Å². The predicted octanol–water partition coefficient (Wildman–Crippen LogP) is 4.94. The molecule has 1 aliphatic carbocycles. The Morgan fingerprint density at radius 2 is 1.78 bits per heavy atom. The average Bonchev–Trinajstić information content (AvgIpc) is 2.85. The lowest BCUT2D eigenvalue weighted by molar-refractivity contribution is 0.102. The highest BCUT2D eigenvalue weighted by molar-refractivity contribution is 6.08. The van der Waals surface area contributed by atoms with Gasteiger partial charge in [0.15, 0.2) is 0 Å². The molecule has 0 radical (unpaired) electrons. The van der Waals surface area contributed by atoms with Crippen molar-refractivity contribution in [2.75, 3.05) is 54.1 Å². The maximum absolute atomic E-state index is 15.0. The van der Waals surface area contributed by atoms with Crippen LogP contribution in [0.15, 0.2) is 42.6 Å². The Labute approximate surface area is 217 Å². The molecule has 1 saturated carbocycles. The summed E-state index contributed by atoms with van der Waals surface area (Å²) >= 11 is 0. The zero-order valence-corrected chi connectivity index (χ0v) is 21.6. The lowest BCUT2D eigenvalue weighted by Crippen LogP contribution is -2.44. The second-order valence-corrected chi connectivity index (χ2v) is 10.0. The van der Waals surface area contributed by atoms with E-state index in [0.717, 1.165) is 67.9 Å². The van der Waals surface area contributed by atoms with E-state index in [0.29, 0.717) is 17.1 Å². The number of nitrogens with zero attached hydrogens (tertiary/aromatic N) is 4. The van der Waals surface area contributed by atoms with Crippen LogP contribution in [0.5, 0.6) is 0 Å². The number of carbonyl (C=O) groups excluding carboxylic acids is 1. The highest BCUT2D eigenvalue weighted by Crippen LogP contribution is 2.28. The first-order valence-electron chi connectivity index (χ1n) is 12.9. The van der Waals surface area contributed by atoms with Crippen molar-refractivity contribution >= 4 is 34.7 Å². The number of aromatic nitrogens is 2. The predicted molar refractivity (Wildman–Crippen MR) is 147 cm³/mol. The minimum Gasteiger partial charge on any atom is -0.369 e. The molecule has 194 valence electrons. The molecule has 9 heteroatoms. The first kappa shape index (κ1) is 25.0. The van der Waals surface area contributed by atoms with Gasteiger partial charge in [-0.2, -0.15) is 4.98 Å². The molecule has 1 saturated heterocycles. The third-order valence-electron chi connectivity index (χ3n) is 7.27. The number of para-hydroxylation sites is 1. The average molecular weight is 504 g/mol. The van der Waals surface area contributed by atoms with E-state index in [2.05, 4.69) is 42.8 Å². The number of hydrogen-bond donors (Lipinski definition) is 3. The normalized spacial score (nSPS) is 16.3. The van der Waals surface area contributed by atoms with E-state index in [9.17, 15) is 4.79 Å². The Hall–Kier alpha value is -3.72. The summed E-state index contributed by atoms with van der Waals surface area (Å²) in [5, 5.41) is 9.40.